The lowest BCUT2D eigenvalue weighted by Crippen LogP contribution is -2.55. The Bertz CT molecular complexity index is 2980. The lowest BCUT2D eigenvalue weighted by atomic mass is 9.74. The number of fused-ring (bicyclic) bond motifs is 8. The molecule has 6 aliphatic heterocycles. The largest absolute Gasteiger partial charge is 0.494 e. The van der Waals surface area contributed by atoms with E-state index in [1.165, 1.54) is 22.9 Å². The topological polar surface area (TPSA) is 190 Å². The van der Waals surface area contributed by atoms with Crippen LogP contribution in [0.4, 0.5) is 11.4 Å². The average molecular weight is 1010 g/mol. The minimum absolute atomic E-state index is 0.0473. The maximum absolute atomic E-state index is 13.6. The molecule has 0 spiro atoms. The second-order valence-corrected chi connectivity index (χ2v) is 22.8. The number of carbonyl (C=O) groups excluding carboxylic acids is 1. The van der Waals surface area contributed by atoms with Gasteiger partial charge in [0, 0.05) is 71.2 Å². The first-order chi connectivity index (χ1) is 33.8. The average Bonchev–Trinajstić information content (AvgIpc) is 3.72. The van der Waals surface area contributed by atoms with Crippen molar-refractivity contribution in [1.29, 1.82) is 0 Å². The number of rotatable bonds is 13. The molecule has 6 aliphatic rings. The fraction of sp³-hybridized carbons (Fsp3) is 0.455. The zero-order chi connectivity index (χ0) is 50.3. The highest BCUT2D eigenvalue weighted by Crippen LogP contribution is 2.54. The van der Waals surface area contributed by atoms with Crippen LogP contribution in [-0.4, -0.2) is 131 Å². The highest BCUT2D eigenvalue weighted by Gasteiger charge is 2.55. The summed E-state index contributed by atoms with van der Waals surface area (Å²) in [4.78, 5) is 17.7. The van der Waals surface area contributed by atoms with E-state index in [1.807, 2.05) is 37.4 Å². The number of hydrogen-bond acceptors (Lipinski definition) is 11. The van der Waals surface area contributed by atoms with Crippen molar-refractivity contribution in [3.63, 3.8) is 0 Å². The number of allylic oxidation sites excluding steroid dienone is 1. The van der Waals surface area contributed by atoms with E-state index in [2.05, 4.69) is 61.4 Å². The molecular weight excluding hydrogens is 946 g/mol. The summed E-state index contributed by atoms with van der Waals surface area (Å²) in [6.07, 6.45) is -0.0336. The summed E-state index contributed by atoms with van der Waals surface area (Å²) in [5, 5.41) is 41.3. The lowest BCUT2D eigenvalue weighted by molar-refractivity contribution is -0.445. The van der Waals surface area contributed by atoms with Crippen LogP contribution in [0.3, 0.4) is 0 Å². The van der Waals surface area contributed by atoms with E-state index >= 15 is 0 Å². The molecule has 10 rings (SSSR count). The smallest absolute Gasteiger partial charge is 0.294 e. The molecule has 1 saturated heterocycles. The van der Waals surface area contributed by atoms with Gasteiger partial charge in [-0.1, -0.05) is 61.8 Å². The standard InChI is InChI=1S/C55H62ClN3O11S/c1-54(2)39-25-32(10-16-42(39)58-21-18-44-37(52(54)58)29-38-45(69-44)19-22-59-43-17-14-36(71(65,66)67)28-40(43)55(3,4)53(38)59)26-47(61)57(5)20-6-7-23-68-35-12-8-31(9-13-35)24-34-27-33(11-15-41(34)56)51-50(64)49(63)48(62)46(30-60)70-51/h8-17,25,27-29,44-46,48-51,60,62-64H,6-7,18-24,26,30H2,1-5H3/p+1/t44?,45?,46-,48-,49+,50-,51+/m1/s1. The van der Waals surface area contributed by atoms with Crippen molar-refractivity contribution < 1.29 is 57.0 Å². The molecule has 0 saturated carbocycles. The van der Waals surface area contributed by atoms with Gasteiger partial charge in [-0.2, -0.15) is 13.0 Å². The van der Waals surface area contributed by atoms with Gasteiger partial charge in [0.05, 0.1) is 42.2 Å². The molecule has 1 fully saturated rings. The predicted octanol–water partition coefficient (Wildman–Crippen LogP) is 6.48. The van der Waals surface area contributed by atoms with Crippen LogP contribution in [0.5, 0.6) is 5.75 Å². The number of halogens is 1. The minimum atomic E-state index is -4.36. The van der Waals surface area contributed by atoms with Gasteiger partial charge in [-0.15, -0.1) is 0 Å². The molecule has 0 aromatic heterocycles. The molecular formula is C55H63ClN3O11S+. The van der Waals surface area contributed by atoms with Crippen molar-refractivity contribution >= 4 is 44.7 Å². The second kappa shape index (κ2) is 18.8. The first-order valence-corrected chi connectivity index (χ1v) is 26.4. The second-order valence-electron chi connectivity index (χ2n) is 21.0. The van der Waals surface area contributed by atoms with E-state index in [4.69, 9.17) is 25.8 Å². The Balaban J connectivity index is 0.746. The molecule has 5 N–H and O–H groups in total. The maximum atomic E-state index is 13.6. The number of nitrogens with zero attached hydrogens (tertiary/aromatic N) is 3. The molecule has 1 amide bonds. The Labute approximate surface area is 420 Å². The molecule has 376 valence electrons. The van der Waals surface area contributed by atoms with Gasteiger partial charge in [0.1, 0.15) is 36.3 Å². The minimum Gasteiger partial charge on any atom is -0.494 e. The molecule has 71 heavy (non-hydrogen) atoms. The van der Waals surface area contributed by atoms with Crippen LogP contribution >= 0.6 is 11.6 Å². The third-order valence-corrected chi connectivity index (χ3v) is 16.9. The molecule has 4 aromatic rings. The number of aliphatic hydroxyl groups is 4. The summed E-state index contributed by atoms with van der Waals surface area (Å²) in [6, 6.07) is 24.3. The summed E-state index contributed by atoms with van der Waals surface area (Å²) in [5.41, 5.74) is 11.2. The van der Waals surface area contributed by atoms with E-state index in [9.17, 15) is 38.2 Å². The van der Waals surface area contributed by atoms with Crippen molar-refractivity contribution in [3.05, 3.63) is 140 Å². The van der Waals surface area contributed by atoms with Crippen LogP contribution < -0.4 is 9.64 Å². The number of carbonyl (C=O) groups is 1. The van der Waals surface area contributed by atoms with Gasteiger partial charge >= 0.3 is 0 Å². The predicted molar refractivity (Wildman–Crippen MR) is 268 cm³/mol. The normalized spacial score (nSPS) is 25.9. The monoisotopic (exact) mass is 1010 g/mol. The van der Waals surface area contributed by atoms with Gasteiger partial charge in [0.2, 0.25) is 11.6 Å². The maximum Gasteiger partial charge on any atom is 0.294 e. The van der Waals surface area contributed by atoms with E-state index < -0.39 is 52.7 Å². The van der Waals surface area contributed by atoms with Crippen LogP contribution in [0, 0.1) is 0 Å². The Morgan fingerprint density at radius 3 is 2.38 bits per heavy atom. The molecule has 0 radical (unpaired) electrons. The summed E-state index contributed by atoms with van der Waals surface area (Å²) in [6.45, 7) is 10.9. The molecule has 14 nitrogen and oxygen atoms in total. The number of ether oxygens (including phenoxy) is 3. The number of anilines is 1. The third-order valence-electron chi connectivity index (χ3n) is 15.6. The zero-order valence-corrected chi connectivity index (χ0v) is 42.3. The van der Waals surface area contributed by atoms with Gasteiger partial charge < -0.3 is 44.4 Å². The fourth-order valence-corrected chi connectivity index (χ4v) is 12.6. The van der Waals surface area contributed by atoms with Gasteiger partial charge in [-0.3, -0.25) is 9.35 Å². The molecule has 0 bridgehead atoms. The van der Waals surface area contributed by atoms with Crippen LogP contribution in [-0.2, 0) is 48.1 Å². The third kappa shape index (κ3) is 8.95. The van der Waals surface area contributed by atoms with Crippen LogP contribution in [0.25, 0.3) is 0 Å². The van der Waals surface area contributed by atoms with Crippen LogP contribution in [0.15, 0.2) is 107 Å². The molecule has 4 aromatic carbocycles. The van der Waals surface area contributed by atoms with E-state index in [-0.39, 0.29) is 28.4 Å². The van der Waals surface area contributed by atoms with Crippen LogP contribution in [0.1, 0.15) is 92.9 Å². The van der Waals surface area contributed by atoms with E-state index in [1.54, 1.807) is 29.2 Å². The Kier molecular flexibility index (Phi) is 13.2. The summed E-state index contributed by atoms with van der Waals surface area (Å²) in [5.74, 6) is 0.775. The number of amides is 1. The molecule has 2 unspecified atom stereocenters. The van der Waals surface area contributed by atoms with Crippen molar-refractivity contribution in [2.24, 2.45) is 0 Å². The summed E-state index contributed by atoms with van der Waals surface area (Å²) < 4.78 is 55.3. The number of unbranched alkanes of at least 4 members (excludes halogenated alkanes) is 1. The SMILES string of the molecule is CN(CCCCOc1ccc(Cc2cc([C@@H]3O[C@H](CO)[C@@H](O)[C@H](O)[C@H]3O)ccc2Cl)cc1)C(=O)Cc1ccc2c(c1)C(C)(C)C1=C3C=C4C5=[N+](CCC4OC3CCN12)c1ccc(S(=O)(=O)O)cc1C5(C)C. The Morgan fingerprint density at radius 2 is 1.63 bits per heavy atom. The summed E-state index contributed by atoms with van der Waals surface area (Å²) >= 11 is 6.56. The Morgan fingerprint density at radius 1 is 0.873 bits per heavy atom. The fourth-order valence-electron chi connectivity index (χ4n) is 11.9. The van der Waals surface area contributed by atoms with E-state index in [0.717, 1.165) is 89.4 Å². The van der Waals surface area contributed by atoms with Crippen molar-refractivity contribution in [3.8, 4) is 5.75 Å². The van der Waals surface area contributed by atoms with E-state index in [0.29, 0.717) is 36.6 Å². The van der Waals surface area contributed by atoms with Crippen molar-refractivity contribution in [1.82, 2.24) is 4.90 Å². The number of likely N-dealkylation sites (N-methyl/N-ethyl adjacent to an activating group) is 1. The van der Waals surface area contributed by atoms with Gasteiger partial charge in [-0.25, -0.2) is 0 Å². The van der Waals surface area contributed by atoms with Crippen molar-refractivity contribution in [2.75, 3.05) is 44.8 Å². The first-order valence-electron chi connectivity index (χ1n) is 24.6. The van der Waals surface area contributed by atoms with Gasteiger partial charge in [0.25, 0.3) is 10.1 Å². The summed E-state index contributed by atoms with van der Waals surface area (Å²) in [7, 11) is -2.51. The molecule has 16 heteroatoms. The van der Waals surface area contributed by atoms with Gasteiger partial charge in [0.15, 0.2) is 12.3 Å². The molecule has 0 aliphatic carbocycles. The molecule has 6 heterocycles. The highest BCUT2D eigenvalue weighted by atomic mass is 35.5. The Hall–Kier alpha value is -4.94. The van der Waals surface area contributed by atoms with Gasteiger partial charge in [-0.05, 0) is 110 Å². The lowest BCUT2D eigenvalue weighted by Gasteiger charge is -2.42. The number of hydrogen-bond donors (Lipinski definition) is 5. The number of aliphatic hydroxyl groups excluding tert-OH is 4. The highest BCUT2D eigenvalue weighted by molar-refractivity contribution is 7.85. The first kappa shape index (κ1) is 49.6. The molecule has 7 atom stereocenters. The quantitative estimate of drug-likeness (QED) is 0.0558. The number of benzene rings is 4. The zero-order valence-electron chi connectivity index (χ0n) is 40.7. The van der Waals surface area contributed by atoms with Crippen molar-refractivity contribution in [2.45, 2.75) is 125 Å². The van der Waals surface area contributed by atoms with Crippen LogP contribution in [0.2, 0.25) is 5.02 Å².